The summed E-state index contributed by atoms with van der Waals surface area (Å²) in [5.41, 5.74) is 1.07. The summed E-state index contributed by atoms with van der Waals surface area (Å²) < 4.78 is 13.5. The van der Waals surface area contributed by atoms with Gasteiger partial charge in [-0.05, 0) is 30.3 Å². The lowest BCUT2D eigenvalue weighted by molar-refractivity contribution is -0.115. The van der Waals surface area contributed by atoms with Gasteiger partial charge in [-0.3, -0.25) is 19.3 Å². The summed E-state index contributed by atoms with van der Waals surface area (Å²) in [7, 11) is 1.42. The lowest BCUT2D eigenvalue weighted by atomic mass is 10.1. The summed E-state index contributed by atoms with van der Waals surface area (Å²) >= 11 is 1.27. The summed E-state index contributed by atoms with van der Waals surface area (Å²) in [6, 6.07) is 11.0. The quantitative estimate of drug-likeness (QED) is 0.659. The molecule has 2 aromatic carbocycles. The number of benzene rings is 2. The first-order chi connectivity index (χ1) is 12.0. The molecular formula is C18H15FN2O3S. The number of nitrogens with one attached hydrogen (secondary N) is 1. The number of carbonyl (C=O) groups excluding carboxylic acids is 3. The minimum absolute atomic E-state index is 0.197. The Morgan fingerprint density at radius 1 is 1.12 bits per heavy atom. The Bertz CT molecular complexity index is 869. The Balaban J connectivity index is 1.58. The van der Waals surface area contributed by atoms with E-state index in [1.807, 2.05) is 0 Å². The van der Waals surface area contributed by atoms with Gasteiger partial charge in [0, 0.05) is 29.8 Å². The highest BCUT2D eigenvalue weighted by atomic mass is 32.2. The van der Waals surface area contributed by atoms with E-state index in [0.29, 0.717) is 21.9 Å². The molecule has 2 aromatic rings. The second kappa shape index (κ2) is 7.06. The van der Waals surface area contributed by atoms with Crippen LogP contribution in [0.1, 0.15) is 27.1 Å². The average molecular weight is 358 g/mol. The van der Waals surface area contributed by atoms with Gasteiger partial charge in [-0.2, -0.15) is 0 Å². The van der Waals surface area contributed by atoms with E-state index >= 15 is 0 Å². The zero-order valence-electron chi connectivity index (χ0n) is 13.4. The first kappa shape index (κ1) is 17.2. The largest absolute Gasteiger partial charge is 0.326 e. The van der Waals surface area contributed by atoms with Gasteiger partial charge in [0.25, 0.3) is 11.8 Å². The number of halogens is 1. The second-order valence-electron chi connectivity index (χ2n) is 5.51. The molecule has 0 aromatic heterocycles. The van der Waals surface area contributed by atoms with Crippen LogP contribution in [0.5, 0.6) is 0 Å². The van der Waals surface area contributed by atoms with Gasteiger partial charge >= 0.3 is 0 Å². The van der Waals surface area contributed by atoms with Crippen LogP contribution in [0.3, 0.4) is 0 Å². The normalized spacial score (nSPS) is 13.1. The van der Waals surface area contributed by atoms with Crippen molar-refractivity contribution in [1.82, 2.24) is 4.90 Å². The van der Waals surface area contributed by atoms with Crippen molar-refractivity contribution in [2.24, 2.45) is 0 Å². The molecule has 0 atom stereocenters. The van der Waals surface area contributed by atoms with Gasteiger partial charge in [-0.25, -0.2) is 4.39 Å². The first-order valence-electron chi connectivity index (χ1n) is 7.61. The third kappa shape index (κ3) is 3.56. The predicted molar refractivity (Wildman–Crippen MR) is 93.2 cm³/mol. The van der Waals surface area contributed by atoms with Gasteiger partial charge in [-0.15, -0.1) is 11.8 Å². The third-order valence-electron chi connectivity index (χ3n) is 3.80. The number of fused-ring (bicyclic) bond motifs is 1. The number of hydrogen-bond acceptors (Lipinski definition) is 4. The molecule has 0 fully saturated rings. The van der Waals surface area contributed by atoms with Crippen molar-refractivity contribution in [2.45, 2.75) is 11.3 Å². The molecule has 0 spiro atoms. The van der Waals surface area contributed by atoms with Crippen molar-refractivity contribution >= 4 is 35.2 Å². The van der Waals surface area contributed by atoms with Crippen molar-refractivity contribution in [3.05, 3.63) is 59.4 Å². The number of anilines is 1. The minimum Gasteiger partial charge on any atom is -0.326 e. The number of rotatable bonds is 5. The summed E-state index contributed by atoms with van der Waals surface area (Å²) in [4.78, 5) is 37.3. The SMILES string of the molecule is CN1C(=O)c2ccc(NC(=O)CCSc3ccccc3F)cc2C1=O. The van der Waals surface area contributed by atoms with E-state index in [0.717, 1.165) is 4.90 Å². The molecular weight excluding hydrogens is 343 g/mol. The summed E-state index contributed by atoms with van der Waals surface area (Å²) in [6.45, 7) is 0. The minimum atomic E-state index is -0.383. The molecule has 5 nitrogen and oxygen atoms in total. The van der Waals surface area contributed by atoms with Gasteiger partial charge in [-0.1, -0.05) is 12.1 Å². The zero-order chi connectivity index (χ0) is 18.0. The fourth-order valence-electron chi connectivity index (χ4n) is 2.48. The molecule has 1 aliphatic heterocycles. The van der Waals surface area contributed by atoms with E-state index in [1.54, 1.807) is 24.3 Å². The fourth-order valence-corrected chi connectivity index (χ4v) is 3.37. The highest BCUT2D eigenvalue weighted by Gasteiger charge is 2.32. The summed E-state index contributed by atoms with van der Waals surface area (Å²) in [6.07, 6.45) is 0.197. The first-order valence-corrected chi connectivity index (χ1v) is 8.59. The molecule has 0 unspecified atom stereocenters. The Labute approximate surface area is 148 Å². The summed E-state index contributed by atoms with van der Waals surface area (Å²) in [5.74, 6) is -0.851. The van der Waals surface area contributed by atoms with E-state index in [-0.39, 0.29) is 35.5 Å². The standard InChI is InChI=1S/C18H15FN2O3S/c1-21-17(23)12-7-6-11(10-13(12)18(21)24)20-16(22)8-9-25-15-5-3-2-4-14(15)19/h2-7,10H,8-9H2,1H3,(H,20,22). The maximum absolute atomic E-state index is 13.5. The zero-order valence-corrected chi connectivity index (χ0v) is 14.2. The van der Waals surface area contributed by atoms with E-state index in [4.69, 9.17) is 0 Å². The van der Waals surface area contributed by atoms with Crippen molar-refractivity contribution in [2.75, 3.05) is 18.1 Å². The highest BCUT2D eigenvalue weighted by molar-refractivity contribution is 7.99. The number of carbonyl (C=O) groups is 3. The number of thioether (sulfide) groups is 1. The molecule has 0 radical (unpaired) electrons. The van der Waals surface area contributed by atoms with Crippen molar-refractivity contribution < 1.29 is 18.8 Å². The molecule has 0 saturated carbocycles. The highest BCUT2D eigenvalue weighted by Crippen LogP contribution is 2.25. The molecule has 3 rings (SSSR count). The van der Waals surface area contributed by atoms with Gasteiger partial charge in [0.1, 0.15) is 5.82 Å². The maximum atomic E-state index is 13.5. The number of amides is 3. The van der Waals surface area contributed by atoms with E-state index in [2.05, 4.69) is 5.32 Å². The van der Waals surface area contributed by atoms with Gasteiger partial charge in [0.15, 0.2) is 0 Å². The Morgan fingerprint density at radius 2 is 1.84 bits per heavy atom. The van der Waals surface area contributed by atoms with Crippen LogP contribution in [0.4, 0.5) is 10.1 Å². The van der Waals surface area contributed by atoms with Crippen molar-refractivity contribution in [1.29, 1.82) is 0 Å². The monoisotopic (exact) mass is 358 g/mol. The molecule has 7 heteroatoms. The Morgan fingerprint density at radius 3 is 2.60 bits per heavy atom. The maximum Gasteiger partial charge on any atom is 0.261 e. The topological polar surface area (TPSA) is 66.5 Å². The number of nitrogens with zero attached hydrogens (tertiary/aromatic N) is 1. The van der Waals surface area contributed by atoms with Crippen LogP contribution < -0.4 is 5.32 Å². The fraction of sp³-hybridized carbons (Fsp3) is 0.167. The second-order valence-corrected chi connectivity index (χ2v) is 6.64. The number of imide groups is 1. The van der Waals surface area contributed by atoms with Gasteiger partial charge in [0.05, 0.1) is 11.1 Å². The third-order valence-corrected chi connectivity index (χ3v) is 4.85. The van der Waals surface area contributed by atoms with Crippen LogP contribution in [0.25, 0.3) is 0 Å². The molecule has 0 bridgehead atoms. The van der Waals surface area contributed by atoms with Crippen LogP contribution >= 0.6 is 11.8 Å². The molecule has 0 saturated heterocycles. The molecule has 3 amide bonds. The average Bonchev–Trinajstić information content (AvgIpc) is 2.81. The molecule has 1 aliphatic rings. The smallest absolute Gasteiger partial charge is 0.261 e. The van der Waals surface area contributed by atoms with Crippen LogP contribution in [-0.2, 0) is 4.79 Å². The predicted octanol–water partition coefficient (Wildman–Crippen LogP) is 3.17. The Hall–Kier alpha value is -2.67. The lowest BCUT2D eigenvalue weighted by Crippen LogP contribution is -2.24. The number of hydrogen-bond donors (Lipinski definition) is 1. The Kier molecular flexibility index (Phi) is 4.85. The molecule has 1 heterocycles. The van der Waals surface area contributed by atoms with Gasteiger partial charge in [0.2, 0.25) is 5.91 Å². The van der Waals surface area contributed by atoms with Gasteiger partial charge < -0.3 is 5.32 Å². The molecule has 0 aliphatic carbocycles. The van der Waals surface area contributed by atoms with Crippen molar-refractivity contribution in [3.63, 3.8) is 0 Å². The van der Waals surface area contributed by atoms with Crippen LogP contribution in [0.15, 0.2) is 47.4 Å². The van der Waals surface area contributed by atoms with Crippen molar-refractivity contribution in [3.8, 4) is 0 Å². The van der Waals surface area contributed by atoms with Crippen LogP contribution in [-0.4, -0.2) is 35.4 Å². The van der Waals surface area contributed by atoms with E-state index in [1.165, 1.54) is 37.0 Å². The van der Waals surface area contributed by atoms with E-state index < -0.39 is 0 Å². The van der Waals surface area contributed by atoms with E-state index in [9.17, 15) is 18.8 Å². The summed E-state index contributed by atoms with van der Waals surface area (Å²) in [5, 5.41) is 2.69. The van der Waals surface area contributed by atoms with Crippen LogP contribution in [0, 0.1) is 5.82 Å². The lowest BCUT2D eigenvalue weighted by Gasteiger charge is -2.07. The van der Waals surface area contributed by atoms with Crippen LogP contribution in [0.2, 0.25) is 0 Å². The molecule has 25 heavy (non-hydrogen) atoms. The molecule has 1 N–H and O–H groups in total. The molecule has 128 valence electrons.